The standard InChI is InChI=1S/C25H25NO10/c1-4-13(29)36-21-10-7-12(28)16(24(26)34)22(32)25(10,35)23(33)18-17(21)19(30)14-9(8(2)3)5-6-11(27)15(14)20(18)31/h5-6,8,10,16,21,27,30-31,35H,4,7H2,1-3H3,(H2,26,34)/t10-,16?,21-,25-/m1/s1. The van der Waals surface area contributed by atoms with Crippen molar-refractivity contribution in [2.24, 2.45) is 17.6 Å². The fourth-order valence-corrected chi connectivity index (χ4v) is 5.28. The van der Waals surface area contributed by atoms with Crippen molar-refractivity contribution in [1.82, 2.24) is 0 Å². The number of Topliss-reactive ketones (excluding diaryl/α,β-unsaturated/α-hetero) is 3. The lowest BCUT2D eigenvalue weighted by Gasteiger charge is -2.46. The summed E-state index contributed by atoms with van der Waals surface area (Å²) in [5.74, 6) is -12.2. The molecule has 1 amide bonds. The van der Waals surface area contributed by atoms with Crippen LogP contribution in [0.2, 0.25) is 0 Å². The minimum atomic E-state index is -3.08. The Balaban J connectivity index is 2.15. The van der Waals surface area contributed by atoms with E-state index in [1.54, 1.807) is 13.8 Å². The van der Waals surface area contributed by atoms with E-state index in [0.717, 1.165) is 0 Å². The molecule has 6 N–H and O–H groups in total. The maximum atomic E-state index is 13.7. The Kier molecular flexibility index (Phi) is 5.79. The van der Waals surface area contributed by atoms with Crippen LogP contribution < -0.4 is 5.73 Å². The Bertz CT molecular complexity index is 1380. The number of benzene rings is 2. The molecule has 4 atom stereocenters. The molecule has 190 valence electrons. The summed E-state index contributed by atoms with van der Waals surface area (Å²) in [5.41, 5.74) is 1.40. The summed E-state index contributed by atoms with van der Waals surface area (Å²) in [7, 11) is 0. The van der Waals surface area contributed by atoms with Crippen LogP contribution in [0, 0.1) is 11.8 Å². The summed E-state index contributed by atoms with van der Waals surface area (Å²) in [4.78, 5) is 63.8. The number of carbonyl (C=O) groups excluding carboxylic acids is 5. The second kappa shape index (κ2) is 8.30. The number of primary amides is 1. The van der Waals surface area contributed by atoms with Crippen LogP contribution in [-0.2, 0) is 23.9 Å². The van der Waals surface area contributed by atoms with Gasteiger partial charge in [-0.25, -0.2) is 0 Å². The van der Waals surface area contributed by atoms with Gasteiger partial charge in [-0.3, -0.25) is 24.0 Å². The van der Waals surface area contributed by atoms with Crippen molar-refractivity contribution in [3.8, 4) is 17.2 Å². The van der Waals surface area contributed by atoms with Gasteiger partial charge in [-0.15, -0.1) is 0 Å². The van der Waals surface area contributed by atoms with Crippen molar-refractivity contribution in [2.75, 3.05) is 0 Å². The van der Waals surface area contributed by atoms with Crippen LogP contribution >= 0.6 is 0 Å². The van der Waals surface area contributed by atoms with Gasteiger partial charge in [0.05, 0.1) is 22.4 Å². The predicted molar refractivity (Wildman–Crippen MR) is 122 cm³/mol. The summed E-state index contributed by atoms with van der Waals surface area (Å²) in [6.45, 7) is 5.02. The normalized spacial score (nSPS) is 25.6. The lowest BCUT2D eigenvalue weighted by Crippen LogP contribution is -2.65. The van der Waals surface area contributed by atoms with Crippen molar-refractivity contribution in [2.45, 2.75) is 51.2 Å². The third-order valence-electron chi connectivity index (χ3n) is 7.04. The first kappa shape index (κ1) is 25.1. The summed E-state index contributed by atoms with van der Waals surface area (Å²) in [6.07, 6.45) is -2.65. The molecule has 4 rings (SSSR count). The zero-order valence-corrected chi connectivity index (χ0v) is 19.7. The highest BCUT2D eigenvalue weighted by Gasteiger charge is 2.66. The summed E-state index contributed by atoms with van der Waals surface area (Å²) >= 11 is 0. The quantitative estimate of drug-likeness (QED) is 0.231. The molecular weight excluding hydrogens is 474 g/mol. The number of esters is 1. The monoisotopic (exact) mass is 499 g/mol. The summed E-state index contributed by atoms with van der Waals surface area (Å²) < 4.78 is 5.45. The predicted octanol–water partition coefficient (Wildman–Crippen LogP) is 1.26. The van der Waals surface area contributed by atoms with Crippen molar-refractivity contribution < 1.29 is 49.1 Å². The number of nitrogens with two attached hydrogens (primary N) is 1. The molecule has 0 saturated heterocycles. The largest absolute Gasteiger partial charge is 0.507 e. The van der Waals surface area contributed by atoms with Crippen molar-refractivity contribution in [3.63, 3.8) is 0 Å². The molecule has 1 unspecified atom stereocenters. The molecule has 0 aliphatic heterocycles. The highest BCUT2D eigenvalue weighted by atomic mass is 16.5. The summed E-state index contributed by atoms with van der Waals surface area (Å²) in [6, 6.07) is 2.75. The van der Waals surface area contributed by atoms with Crippen LogP contribution in [0.1, 0.15) is 67.1 Å². The van der Waals surface area contributed by atoms with Crippen LogP contribution in [0.5, 0.6) is 17.2 Å². The Hall–Kier alpha value is -3.99. The fraction of sp³-hybridized carbons (Fsp3) is 0.400. The maximum absolute atomic E-state index is 13.7. The first-order valence-corrected chi connectivity index (χ1v) is 11.3. The number of phenolic OH excluding ortho intramolecular Hbond substituents is 3. The van der Waals surface area contributed by atoms with Crippen molar-refractivity contribution >= 4 is 40.0 Å². The van der Waals surface area contributed by atoms with Crippen LogP contribution in [0.4, 0.5) is 0 Å². The zero-order valence-electron chi connectivity index (χ0n) is 19.7. The molecule has 0 radical (unpaired) electrons. The van der Waals surface area contributed by atoms with E-state index in [-0.39, 0.29) is 23.1 Å². The van der Waals surface area contributed by atoms with E-state index in [2.05, 4.69) is 0 Å². The van der Waals surface area contributed by atoms with Crippen LogP contribution in [0.15, 0.2) is 12.1 Å². The topological polar surface area (TPSA) is 202 Å². The maximum Gasteiger partial charge on any atom is 0.306 e. The molecule has 1 saturated carbocycles. The molecule has 0 aromatic heterocycles. The van der Waals surface area contributed by atoms with Gasteiger partial charge in [0.15, 0.2) is 23.1 Å². The molecule has 36 heavy (non-hydrogen) atoms. The molecule has 0 spiro atoms. The smallest absolute Gasteiger partial charge is 0.306 e. The van der Waals surface area contributed by atoms with E-state index < -0.39 is 87.6 Å². The Morgan fingerprint density at radius 2 is 1.75 bits per heavy atom. The molecule has 11 heteroatoms. The first-order chi connectivity index (χ1) is 16.8. The van der Waals surface area contributed by atoms with Crippen LogP contribution in [0.3, 0.4) is 0 Å². The van der Waals surface area contributed by atoms with E-state index in [1.165, 1.54) is 19.1 Å². The Labute approximate surface area is 204 Å². The third kappa shape index (κ3) is 3.19. The van der Waals surface area contributed by atoms with Gasteiger partial charge in [0, 0.05) is 18.2 Å². The van der Waals surface area contributed by atoms with Gasteiger partial charge in [0.25, 0.3) is 0 Å². The number of hydrogen-bond donors (Lipinski definition) is 5. The number of amides is 1. The number of aromatic hydroxyl groups is 3. The molecule has 0 heterocycles. The number of ketones is 3. The van der Waals surface area contributed by atoms with Crippen molar-refractivity contribution in [1.29, 1.82) is 0 Å². The van der Waals surface area contributed by atoms with Gasteiger partial charge in [-0.2, -0.15) is 0 Å². The lowest BCUT2D eigenvalue weighted by atomic mass is 9.59. The fourth-order valence-electron chi connectivity index (χ4n) is 5.28. The lowest BCUT2D eigenvalue weighted by molar-refractivity contribution is -0.173. The minimum absolute atomic E-state index is 0.0273. The van der Waals surface area contributed by atoms with Crippen LogP contribution in [-0.4, -0.2) is 55.3 Å². The first-order valence-electron chi connectivity index (χ1n) is 11.3. The number of rotatable bonds is 4. The molecule has 1 fully saturated rings. The number of ether oxygens (including phenoxy) is 1. The molecular formula is C25H25NO10. The Morgan fingerprint density at radius 3 is 2.31 bits per heavy atom. The van der Waals surface area contributed by atoms with Crippen molar-refractivity contribution in [3.05, 3.63) is 28.8 Å². The zero-order chi connectivity index (χ0) is 26.9. The highest BCUT2D eigenvalue weighted by Crippen LogP contribution is 2.57. The molecule has 11 nitrogen and oxygen atoms in total. The minimum Gasteiger partial charge on any atom is -0.507 e. The number of fused-ring (bicyclic) bond motifs is 3. The van der Waals surface area contributed by atoms with E-state index in [9.17, 15) is 44.4 Å². The van der Waals surface area contributed by atoms with E-state index in [0.29, 0.717) is 5.56 Å². The second-order valence-electron chi connectivity index (χ2n) is 9.40. The number of phenols is 3. The second-order valence-corrected chi connectivity index (χ2v) is 9.40. The Morgan fingerprint density at radius 1 is 1.11 bits per heavy atom. The molecule has 2 aliphatic carbocycles. The van der Waals surface area contributed by atoms with E-state index in [4.69, 9.17) is 10.5 Å². The average molecular weight is 499 g/mol. The average Bonchev–Trinajstić information content (AvgIpc) is 2.80. The number of hydrogen-bond acceptors (Lipinski definition) is 10. The molecule has 2 aliphatic rings. The SMILES string of the molecule is CCC(=O)O[C@H]1c2c(c(O)c3c(O)ccc(C(C)C)c3c2O)C(=O)[C@]2(O)C(=O)C(C(N)=O)C(=O)C[C@H]12. The number of carbonyl (C=O) groups is 5. The number of aliphatic hydroxyl groups is 1. The molecule has 0 bridgehead atoms. The van der Waals surface area contributed by atoms with E-state index >= 15 is 0 Å². The highest BCUT2D eigenvalue weighted by molar-refractivity contribution is 6.32. The van der Waals surface area contributed by atoms with E-state index in [1.807, 2.05) is 0 Å². The molecule has 2 aromatic carbocycles. The van der Waals surface area contributed by atoms with Gasteiger partial charge >= 0.3 is 5.97 Å². The van der Waals surface area contributed by atoms with Gasteiger partial charge in [0.2, 0.25) is 11.7 Å². The van der Waals surface area contributed by atoms with Gasteiger partial charge in [0.1, 0.15) is 23.4 Å². The van der Waals surface area contributed by atoms with Gasteiger partial charge in [-0.05, 0) is 17.5 Å². The van der Waals surface area contributed by atoms with Crippen LogP contribution in [0.25, 0.3) is 10.8 Å². The van der Waals surface area contributed by atoms with Gasteiger partial charge in [-0.1, -0.05) is 26.8 Å². The third-order valence-corrected chi connectivity index (χ3v) is 7.04. The summed E-state index contributed by atoms with van der Waals surface area (Å²) in [5, 5.41) is 44.2. The van der Waals surface area contributed by atoms with Gasteiger partial charge < -0.3 is 30.9 Å². The molecule has 2 aromatic rings.